The van der Waals surface area contributed by atoms with Gasteiger partial charge >= 0.3 is 6.09 Å². The van der Waals surface area contributed by atoms with E-state index in [2.05, 4.69) is 10.0 Å². The standard InChI is InChI=1S/C14H22N2O4S/c1-11-5-7-12(8-6-11)21(19,20)15-10-4-9-14(2,3)16-13(17)18/h5-8,15-16H,4,9-10H2,1-3H3,(H,17,18). The normalized spacial score (nSPS) is 12.1. The van der Waals surface area contributed by atoms with Crippen molar-refractivity contribution < 1.29 is 18.3 Å². The molecule has 0 saturated heterocycles. The van der Waals surface area contributed by atoms with Crippen LogP contribution >= 0.6 is 0 Å². The van der Waals surface area contributed by atoms with E-state index in [9.17, 15) is 13.2 Å². The molecular weight excluding hydrogens is 292 g/mol. The van der Waals surface area contributed by atoms with E-state index < -0.39 is 21.7 Å². The largest absolute Gasteiger partial charge is 0.465 e. The maximum atomic E-state index is 12.0. The minimum Gasteiger partial charge on any atom is -0.465 e. The average Bonchev–Trinajstić information content (AvgIpc) is 2.34. The van der Waals surface area contributed by atoms with E-state index in [1.807, 2.05) is 6.92 Å². The first-order valence-electron chi connectivity index (χ1n) is 6.70. The van der Waals surface area contributed by atoms with Gasteiger partial charge in [0.2, 0.25) is 10.0 Å². The summed E-state index contributed by atoms with van der Waals surface area (Å²) in [4.78, 5) is 10.8. The van der Waals surface area contributed by atoms with Gasteiger partial charge in [0.25, 0.3) is 0 Å². The molecule has 0 heterocycles. The molecule has 21 heavy (non-hydrogen) atoms. The van der Waals surface area contributed by atoms with Crippen LogP contribution in [0.25, 0.3) is 0 Å². The molecule has 7 heteroatoms. The molecule has 6 nitrogen and oxygen atoms in total. The molecule has 0 saturated carbocycles. The van der Waals surface area contributed by atoms with Crippen molar-refractivity contribution in [3.8, 4) is 0 Å². The summed E-state index contributed by atoms with van der Waals surface area (Å²) in [6.07, 6.45) is -0.00565. The first-order chi connectivity index (χ1) is 9.62. The van der Waals surface area contributed by atoms with E-state index in [0.717, 1.165) is 5.56 Å². The van der Waals surface area contributed by atoms with Gasteiger partial charge in [0.15, 0.2) is 0 Å². The molecule has 118 valence electrons. The zero-order valence-electron chi connectivity index (χ0n) is 12.5. The highest BCUT2D eigenvalue weighted by atomic mass is 32.2. The summed E-state index contributed by atoms with van der Waals surface area (Å²) in [5.74, 6) is 0. The molecule has 0 atom stereocenters. The van der Waals surface area contributed by atoms with Crippen molar-refractivity contribution >= 4 is 16.1 Å². The fraction of sp³-hybridized carbons (Fsp3) is 0.500. The number of amides is 1. The van der Waals surface area contributed by atoms with Gasteiger partial charge in [-0.05, 0) is 45.7 Å². The van der Waals surface area contributed by atoms with Gasteiger partial charge in [-0.2, -0.15) is 0 Å². The molecule has 0 radical (unpaired) electrons. The maximum Gasteiger partial charge on any atom is 0.405 e. The third-order valence-corrected chi connectivity index (χ3v) is 4.52. The van der Waals surface area contributed by atoms with Gasteiger partial charge in [-0.25, -0.2) is 17.9 Å². The molecule has 3 N–H and O–H groups in total. The molecule has 1 rings (SSSR count). The van der Waals surface area contributed by atoms with Gasteiger partial charge in [0.1, 0.15) is 0 Å². The summed E-state index contributed by atoms with van der Waals surface area (Å²) in [5.41, 5.74) is 0.414. The first-order valence-corrected chi connectivity index (χ1v) is 8.18. The van der Waals surface area contributed by atoms with Crippen LogP contribution < -0.4 is 10.0 Å². The van der Waals surface area contributed by atoms with Crippen LogP contribution in [0.4, 0.5) is 4.79 Å². The molecule has 0 aromatic heterocycles. The van der Waals surface area contributed by atoms with Crippen molar-refractivity contribution in [2.45, 2.75) is 44.0 Å². The number of hydrogen-bond acceptors (Lipinski definition) is 3. The van der Waals surface area contributed by atoms with Crippen molar-refractivity contribution in [2.75, 3.05) is 6.54 Å². The Bertz CT molecular complexity index is 579. The van der Waals surface area contributed by atoms with E-state index in [0.29, 0.717) is 12.8 Å². The van der Waals surface area contributed by atoms with Gasteiger partial charge in [-0.3, -0.25) is 0 Å². The smallest absolute Gasteiger partial charge is 0.405 e. The predicted molar refractivity (Wildman–Crippen MR) is 80.8 cm³/mol. The van der Waals surface area contributed by atoms with E-state index in [1.165, 1.54) is 0 Å². The minimum absolute atomic E-state index is 0.232. The number of carboxylic acid groups (broad SMARTS) is 1. The fourth-order valence-electron chi connectivity index (χ4n) is 1.89. The molecule has 1 amide bonds. The van der Waals surface area contributed by atoms with Gasteiger partial charge in [-0.1, -0.05) is 17.7 Å². The Morgan fingerprint density at radius 1 is 1.24 bits per heavy atom. The van der Waals surface area contributed by atoms with Crippen molar-refractivity contribution in [2.24, 2.45) is 0 Å². The highest BCUT2D eigenvalue weighted by Crippen LogP contribution is 2.12. The number of aryl methyl sites for hydroxylation is 1. The summed E-state index contributed by atoms with van der Waals surface area (Å²) in [7, 11) is -3.50. The maximum absolute atomic E-state index is 12.0. The van der Waals surface area contributed by atoms with Crippen molar-refractivity contribution in [1.82, 2.24) is 10.0 Å². The SMILES string of the molecule is Cc1ccc(S(=O)(=O)NCCCC(C)(C)NC(=O)O)cc1. The van der Waals surface area contributed by atoms with Crippen LogP contribution in [-0.4, -0.2) is 31.7 Å². The summed E-state index contributed by atoms with van der Waals surface area (Å²) in [6, 6.07) is 6.62. The van der Waals surface area contributed by atoms with E-state index in [4.69, 9.17) is 5.11 Å². The summed E-state index contributed by atoms with van der Waals surface area (Å²) in [5, 5.41) is 11.1. The Morgan fingerprint density at radius 3 is 2.33 bits per heavy atom. The number of hydrogen-bond donors (Lipinski definition) is 3. The second-order valence-electron chi connectivity index (χ2n) is 5.63. The Kier molecular flexibility index (Phi) is 5.74. The van der Waals surface area contributed by atoms with Gasteiger partial charge in [0, 0.05) is 12.1 Å². The molecule has 0 aliphatic carbocycles. The highest BCUT2D eigenvalue weighted by molar-refractivity contribution is 7.89. The number of rotatable bonds is 7. The Hall–Kier alpha value is -1.60. The lowest BCUT2D eigenvalue weighted by Gasteiger charge is -2.24. The van der Waals surface area contributed by atoms with Crippen LogP contribution in [0.2, 0.25) is 0 Å². The molecule has 1 aromatic carbocycles. The van der Waals surface area contributed by atoms with Crippen molar-refractivity contribution in [3.05, 3.63) is 29.8 Å². The van der Waals surface area contributed by atoms with Gasteiger partial charge < -0.3 is 10.4 Å². The number of nitrogens with one attached hydrogen (secondary N) is 2. The fourth-order valence-corrected chi connectivity index (χ4v) is 2.96. The topological polar surface area (TPSA) is 95.5 Å². The Labute approximate surface area is 125 Å². The van der Waals surface area contributed by atoms with E-state index in [-0.39, 0.29) is 11.4 Å². The van der Waals surface area contributed by atoms with Gasteiger partial charge in [0.05, 0.1) is 4.90 Å². The molecule has 0 aliphatic heterocycles. The van der Waals surface area contributed by atoms with Crippen LogP contribution in [0.3, 0.4) is 0 Å². The molecule has 0 spiro atoms. The van der Waals surface area contributed by atoms with Crippen molar-refractivity contribution in [3.63, 3.8) is 0 Å². The van der Waals surface area contributed by atoms with E-state index in [1.54, 1.807) is 38.1 Å². The lowest BCUT2D eigenvalue weighted by molar-refractivity contribution is 0.180. The van der Waals surface area contributed by atoms with Crippen LogP contribution in [0.5, 0.6) is 0 Å². The number of carbonyl (C=O) groups is 1. The lowest BCUT2D eigenvalue weighted by Crippen LogP contribution is -2.43. The highest BCUT2D eigenvalue weighted by Gasteiger charge is 2.20. The summed E-state index contributed by atoms with van der Waals surface area (Å²) >= 11 is 0. The average molecular weight is 314 g/mol. The van der Waals surface area contributed by atoms with Crippen LogP contribution in [0.15, 0.2) is 29.2 Å². The monoisotopic (exact) mass is 314 g/mol. The number of sulfonamides is 1. The summed E-state index contributed by atoms with van der Waals surface area (Å²) in [6.45, 7) is 5.67. The first kappa shape index (κ1) is 17.5. The van der Waals surface area contributed by atoms with Crippen LogP contribution in [0.1, 0.15) is 32.3 Å². The van der Waals surface area contributed by atoms with Crippen molar-refractivity contribution in [1.29, 1.82) is 0 Å². The second kappa shape index (κ2) is 6.91. The molecular formula is C14H22N2O4S. The second-order valence-corrected chi connectivity index (χ2v) is 7.40. The van der Waals surface area contributed by atoms with Crippen LogP contribution in [0, 0.1) is 6.92 Å². The third kappa shape index (κ3) is 6.14. The summed E-state index contributed by atoms with van der Waals surface area (Å²) < 4.78 is 26.6. The number of benzene rings is 1. The third-order valence-electron chi connectivity index (χ3n) is 3.05. The Balaban J connectivity index is 2.48. The molecule has 0 unspecified atom stereocenters. The van der Waals surface area contributed by atoms with E-state index >= 15 is 0 Å². The predicted octanol–water partition coefficient (Wildman–Crippen LogP) is 2.10. The minimum atomic E-state index is -3.50. The molecule has 0 aliphatic rings. The molecule has 0 fully saturated rings. The van der Waals surface area contributed by atoms with Crippen LogP contribution in [-0.2, 0) is 10.0 Å². The van der Waals surface area contributed by atoms with Gasteiger partial charge in [-0.15, -0.1) is 0 Å². The Morgan fingerprint density at radius 2 is 1.81 bits per heavy atom. The molecule has 0 bridgehead atoms. The lowest BCUT2D eigenvalue weighted by atomic mass is 9.99. The quantitative estimate of drug-likeness (QED) is 0.672. The zero-order valence-corrected chi connectivity index (χ0v) is 13.3. The molecule has 1 aromatic rings. The zero-order chi connectivity index (χ0) is 16.1.